The second kappa shape index (κ2) is 6.15. The van der Waals surface area contributed by atoms with Crippen LogP contribution < -0.4 is 10.6 Å². The maximum atomic E-state index is 12.4. The third-order valence-corrected chi connectivity index (χ3v) is 3.59. The Bertz CT molecular complexity index is 316. The lowest BCUT2D eigenvalue weighted by Crippen LogP contribution is -2.60. The van der Waals surface area contributed by atoms with E-state index in [1.165, 1.54) is 0 Å². The van der Waals surface area contributed by atoms with Gasteiger partial charge in [0.1, 0.15) is 6.04 Å². The van der Waals surface area contributed by atoms with Gasteiger partial charge in [-0.1, -0.05) is 0 Å². The van der Waals surface area contributed by atoms with Crippen LogP contribution in [-0.4, -0.2) is 62.7 Å². The van der Waals surface area contributed by atoms with Crippen LogP contribution in [0.5, 0.6) is 0 Å². The minimum Gasteiger partial charge on any atom is -0.381 e. The van der Waals surface area contributed by atoms with Gasteiger partial charge in [0.2, 0.25) is 11.8 Å². The predicted molar refractivity (Wildman–Crippen MR) is 66.0 cm³/mol. The molecule has 0 bridgehead atoms. The third kappa shape index (κ3) is 2.81. The molecule has 2 atom stereocenters. The van der Waals surface area contributed by atoms with Crippen LogP contribution in [0.1, 0.15) is 12.8 Å². The van der Waals surface area contributed by atoms with Crippen molar-refractivity contribution in [2.24, 2.45) is 5.92 Å². The molecule has 18 heavy (non-hydrogen) atoms. The van der Waals surface area contributed by atoms with E-state index in [1.807, 2.05) is 0 Å². The number of piperazine rings is 1. The van der Waals surface area contributed by atoms with Crippen molar-refractivity contribution < 1.29 is 14.3 Å². The first kappa shape index (κ1) is 13.3. The standard InChI is InChI=1S/C12H21N3O3/c1-13-11(16)10-7-14-4-5-15(10)12(17)9-3-2-6-18-8-9/h9-10,14H,2-8H2,1H3,(H,13,16). The van der Waals surface area contributed by atoms with Crippen molar-refractivity contribution in [2.75, 3.05) is 39.9 Å². The quantitative estimate of drug-likeness (QED) is 0.661. The van der Waals surface area contributed by atoms with E-state index in [1.54, 1.807) is 11.9 Å². The molecule has 2 aliphatic rings. The Balaban J connectivity index is 2.03. The summed E-state index contributed by atoms with van der Waals surface area (Å²) in [6.45, 7) is 3.09. The first-order chi connectivity index (χ1) is 8.74. The molecule has 2 saturated heterocycles. The van der Waals surface area contributed by atoms with E-state index in [9.17, 15) is 9.59 Å². The SMILES string of the molecule is CNC(=O)C1CNCCN1C(=O)C1CCCOC1. The van der Waals surface area contributed by atoms with Crippen molar-refractivity contribution in [3.05, 3.63) is 0 Å². The number of ether oxygens (including phenoxy) is 1. The zero-order chi connectivity index (χ0) is 13.0. The van der Waals surface area contributed by atoms with Gasteiger partial charge in [-0.15, -0.1) is 0 Å². The number of nitrogens with zero attached hydrogens (tertiary/aromatic N) is 1. The first-order valence-electron chi connectivity index (χ1n) is 6.54. The molecule has 6 heteroatoms. The van der Waals surface area contributed by atoms with Gasteiger partial charge in [0.05, 0.1) is 12.5 Å². The lowest BCUT2D eigenvalue weighted by molar-refractivity contribution is -0.147. The molecular weight excluding hydrogens is 234 g/mol. The highest BCUT2D eigenvalue weighted by Crippen LogP contribution is 2.18. The van der Waals surface area contributed by atoms with Gasteiger partial charge in [0.15, 0.2) is 0 Å². The number of rotatable bonds is 2. The van der Waals surface area contributed by atoms with E-state index in [0.29, 0.717) is 19.7 Å². The van der Waals surface area contributed by atoms with Crippen LogP contribution in [0, 0.1) is 5.92 Å². The maximum Gasteiger partial charge on any atom is 0.243 e. The lowest BCUT2D eigenvalue weighted by atomic mass is 9.99. The zero-order valence-corrected chi connectivity index (χ0v) is 10.8. The molecule has 2 N–H and O–H groups in total. The Morgan fingerprint density at radius 2 is 2.28 bits per heavy atom. The summed E-state index contributed by atoms with van der Waals surface area (Å²) in [5, 5.41) is 5.77. The molecule has 0 saturated carbocycles. The van der Waals surface area contributed by atoms with Gasteiger partial charge in [-0.2, -0.15) is 0 Å². The number of likely N-dealkylation sites (N-methyl/N-ethyl adjacent to an activating group) is 1. The minimum absolute atomic E-state index is 0.0600. The van der Waals surface area contributed by atoms with E-state index >= 15 is 0 Å². The van der Waals surface area contributed by atoms with Crippen molar-refractivity contribution in [3.63, 3.8) is 0 Å². The molecule has 2 heterocycles. The fourth-order valence-electron chi connectivity index (χ4n) is 2.54. The average molecular weight is 255 g/mol. The van der Waals surface area contributed by atoms with Gasteiger partial charge in [-0.3, -0.25) is 9.59 Å². The lowest BCUT2D eigenvalue weighted by Gasteiger charge is -2.37. The van der Waals surface area contributed by atoms with Crippen LogP contribution in [0.4, 0.5) is 0 Å². The molecule has 0 aromatic rings. The normalized spacial score (nSPS) is 28.8. The maximum absolute atomic E-state index is 12.4. The van der Waals surface area contributed by atoms with Crippen LogP contribution in [0.3, 0.4) is 0 Å². The third-order valence-electron chi connectivity index (χ3n) is 3.59. The molecule has 0 aliphatic carbocycles. The van der Waals surface area contributed by atoms with Crippen LogP contribution in [0.15, 0.2) is 0 Å². The number of carbonyl (C=O) groups is 2. The van der Waals surface area contributed by atoms with Crippen LogP contribution in [0.25, 0.3) is 0 Å². The van der Waals surface area contributed by atoms with Crippen molar-refractivity contribution in [2.45, 2.75) is 18.9 Å². The largest absolute Gasteiger partial charge is 0.381 e. The molecule has 2 rings (SSSR count). The summed E-state index contributed by atoms with van der Waals surface area (Å²) in [5.41, 5.74) is 0. The Kier molecular flexibility index (Phi) is 4.54. The monoisotopic (exact) mass is 255 g/mol. The van der Waals surface area contributed by atoms with Crippen LogP contribution >= 0.6 is 0 Å². The molecule has 102 valence electrons. The van der Waals surface area contributed by atoms with Crippen molar-refractivity contribution in [1.29, 1.82) is 0 Å². The average Bonchev–Trinajstić information content (AvgIpc) is 2.46. The van der Waals surface area contributed by atoms with Gasteiger partial charge in [-0.05, 0) is 12.8 Å². The predicted octanol–water partition coefficient (Wildman–Crippen LogP) is -1.04. The fraction of sp³-hybridized carbons (Fsp3) is 0.833. The van der Waals surface area contributed by atoms with Gasteiger partial charge in [-0.25, -0.2) is 0 Å². The van der Waals surface area contributed by atoms with Crippen LogP contribution in [-0.2, 0) is 14.3 Å². The fourth-order valence-corrected chi connectivity index (χ4v) is 2.54. The molecule has 0 aromatic carbocycles. The Morgan fingerprint density at radius 3 is 2.94 bits per heavy atom. The molecule has 2 amide bonds. The molecule has 2 aliphatic heterocycles. The zero-order valence-electron chi connectivity index (χ0n) is 10.8. The molecule has 0 radical (unpaired) electrons. The Morgan fingerprint density at radius 1 is 1.44 bits per heavy atom. The van der Waals surface area contributed by atoms with Gasteiger partial charge >= 0.3 is 0 Å². The number of amides is 2. The molecule has 6 nitrogen and oxygen atoms in total. The van der Waals surface area contributed by atoms with Gasteiger partial charge in [0, 0.05) is 33.3 Å². The van der Waals surface area contributed by atoms with Crippen LogP contribution in [0.2, 0.25) is 0 Å². The smallest absolute Gasteiger partial charge is 0.243 e. The van der Waals surface area contributed by atoms with Gasteiger partial charge < -0.3 is 20.3 Å². The number of hydrogen-bond donors (Lipinski definition) is 2. The molecule has 2 unspecified atom stereocenters. The van der Waals surface area contributed by atoms with Crippen molar-refractivity contribution >= 4 is 11.8 Å². The summed E-state index contributed by atoms with van der Waals surface area (Å²) in [6.07, 6.45) is 1.79. The Labute approximate surface area is 107 Å². The molecule has 0 aromatic heterocycles. The summed E-state index contributed by atoms with van der Waals surface area (Å²) in [5.74, 6) is -0.124. The summed E-state index contributed by atoms with van der Waals surface area (Å²) >= 11 is 0. The minimum atomic E-state index is -0.391. The Hall–Kier alpha value is -1.14. The number of hydrogen-bond acceptors (Lipinski definition) is 4. The molecule has 0 spiro atoms. The summed E-state index contributed by atoms with van der Waals surface area (Å²) < 4.78 is 5.35. The highest BCUT2D eigenvalue weighted by Gasteiger charge is 2.35. The van der Waals surface area contributed by atoms with E-state index in [-0.39, 0.29) is 17.7 Å². The van der Waals surface area contributed by atoms with E-state index < -0.39 is 6.04 Å². The van der Waals surface area contributed by atoms with E-state index in [4.69, 9.17) is 4.74 Å². The second-order valence-electron chi connectivity index (χ2n) is 4.78. The first-order valence-corrected chi connectivity index (χ1v) is 6.54. The van der Waals surface area contributed by atoms with Crippen molar-refractivity contribution in [3.8, 4) is 0 Å². The molecule has 2 fully saturated rings. The summed E-state index contributed by atoms with van der Waals surface area (Å²) in [6, 6.07) is -0.391. The molecular formula is C12H21N3O3. The highest BCUT2D eigenvalue weighted by molar-refractivity contribution is 5.89. The second-order valence-corrected chi connectivity index (χ2v) is 4.78. The van der Waals surface area contributed by atoms with E-state index in [2.05, 4.69) is 10.6 Å². The van der Waals surface area contributed by atoms with Gasteiger partial charge in [0.25, 0.3) is 0 Å². The summed E-state index contributed by atoms with van der Waals surface area (Å²) in [7, 11) is 1.60. The highest BCUT2D eigenvalue weighted by atomic mass is 16.5. The number of nitrogens with one attached hydrogen (secondary N) is 2. The topological polar surface area (TPSA) is 70.7 Å². The number of carbonyl (C=O) groups excluding carboxylic acids is 2. The van der Waals surface area contributed by atoms with E-state index in [0.717, 1.165) is 26.0 Å². The van der Waals surface area contributed by atoms with Crippen molar-refractivity contribution in [1.82, 2.24) is 15.5 Å². The summed E-state index contributed by atoms with van der Waals surface area (Å²) in [4.78, 5) is 25.9.